The van der Waals surface area contributed by atoms with E-state index in [4.69, 9.17) is 4.74 Å². The molecule has 26 heavy (non-hydrogen) atoms. The number of quaternary nitrogens is 1. The van der Waals surface area contributed by atoms with Crippen LogP contribution >= 0.6 is 0 Å². The second-order valence-electron chi connectivity index (χ2n) is 6.34. The zero-order valence-electron chi connectivity index (χ0n) is 15.1. The highest BCUT2D eigenvalue weighted by Crippen LogP contribution is 2.09. The van der Waals surface area contributed by atoms with Gasteiger partial charge in [-0.05, 0) is 24.1 Å². The number of allylic oxidation sites excluding steroid dienone is 1. The zero-order valence-corrected chi connectivity index (χ0v) is 15.9. The van der Waals surface area contributed by atoms with E-state index in [1.165, 1.54) is 6.08 Å². The van der Waals surface area contributed by atoms with Crippen LogP contribution in [-0.2, 0) is 16.0 Å². The van der Waals surface area contributed by atoms with Gasteiger partial charge in [-0.15, -0.1) is 0 Å². The normalized spacial score (nSPS) is 11.0. The predicted octanol–water partition coefficient (Wildman–Crippen LogP) is 0.249. The summed E-state index contributed by atoms with van der Waals surface area (Å²) in [4.78, 5) is 24.2. The molecule has 0 saturated heterocycles. The van der Waals surface area contributed by atoms with Crippen LogP contribution < -0.4 is 12.4 Å². The summed E-state index contributed by atoms with van der Waals surface area (Å²) in [5, 5.41) is 0. The molecule has 0 atom stereocenters. The molecule has 0 heterocycles. The third-order valence-corrected chi connectivity index (χ3v) is 3.92. The Morgan fingerprint density at radius 2 is 1.54 bits per heavy atom. The van der Waals surface area contributed by atoms with Gasteiger partial charge in [-0.3, -0.25) is 4.48 Å². The number of carbonyl (C=O) groups excluding carboxylic acids is 2. The molecular formula is C21H24ClNO3. The van der Waals surface area contributed by atoms with Gasteiger partial charge >= 0.3 is 11.9 Å². The van der Waals surface area contributed by atoms with E-state index < -0.39 is 0 Å². The minimum Gasteiger partial charge on any atom is -1.00 e. The number of esters is 1. The van der Waals surface area contributed by atoms with Crippen molar-refractivity contribution in [3.05, 3.63) is 83.9 Å². The van der Waals surface area contributed by atoms with Crippen molar-refractivity contribution in [2.24, 2.45) is 0 Å². The fourth-order valence-electron chi connectivity index (χ4n) is 2.36. The minimum atomic E-state index is -0.386. The molecule has 0 spiro atoms. The Morgan fingerprint density at radius 3 is 2.15 bits per heavy atom. The maximum absolute atomic E-state index is 12.5. The molecular weight excluding hydrogens is 350 g/mol. The Kier molecular flexibility index (Phi) is 8.76. The Hall–Kier alpha value is -2.43. The number of benzene rings is 2. The van der Waals surface area contributed by atoms with Crippen LogP contribution in [0.25, 0.3) is 0 Å². The summed E-state index contributed by atoms with van der Waals surface area (Å²) in [6.07, 6.45) is 3.91. The molecule has 5 heteroatoms. The molecule has 2 aromatic carbocycles. The van der Waals surface area contributed by atoms with Crippen LogP contribution in [0.15, 0.2) is 72.8 Å². The lowest BCUT2D eigenvalue weighted by Gasteiger charge is -2.26. The average Bonchev–Trinajstić information content (AvgIpc) is 2.62. The number of ether oxygens (including phenoxy) is 1. The largest absolute Gasteiger partial charge is 1.00 e. The third-order valence-electron chi connectivity index (χ3n) is 3.92. The number of likely N-dealkylation sites (N-methyl/N-ethyl adjacent to an activating group) is 1. The maximum atomic E-state index is 12.5. The van der Waals surface area contributed by atoms with Crippen LogP contribution in [0.3, 0.4) is 0 Å². The van der Waals surface area contributed by atoms with Gasteiger partial charge in [0, 0.05) is 6.08 Å². The summed E-state index contributed by atoms with van der Waals surface area (Å²) in [5.74, 6) is -0.389. The van der Waals surface area contributed by atoms with Crippen molar-refractivity contribution in [3.63, 3.8) is 0 Å². The third kappa shape index (κ3) is 6.82. The highest BCUT2D eigenvalue weighted by Gasteiger charge is 2.27. The van der Waals surface area contributed by atoms with Crippen LogP contribution in [0.4, 0.5) is 0 Å². The molecule has 0 N–H and O–H groups in total. The Morgan fingerprint density at radius 1 is 0.962 bits per heavy atom. The molecule has 138 valence electrons. The average molecular weight is 374 g/mol. The van der Waals surface area contributed by atoms with E-state index in [9.17, 15) is 9.59 Å². The summed E-state index contributed by atoms with van der Waals surface area (Å²) in [6.45, 7) is 0.617. The van der Waals surface area contributed by atoms with Gasteiger partial charge in [0.15, 0.2) is 0 Å². The molecule has 4 nitrogen and oxygen atoms in total. The van der Waals surface area contributed by atoms with Crippen molar-refractivity contribution in [1.82, 2.24) is 0 Å². The number of carbonyl (C=O) groups is 2. The van der Waals surface area contributed by atoms with E-state index in [0.717, 1.165) is 5.56 Å². The topological polar surface area (TPSA) is 43.4 Å². The molecule has 0 bridgehead atoms. The summed E-state index contributed by atoms with van der Waals surface area (Å²) >= 11 is 0. The van der Waals surface area contributed by atoms with Crippen LogP contribution in [0.2, 0.25) is 0 Å². The van der Waals surface area contributed by atoms with Crippen molar-refractivity contribution in [3.8, 4) is 0 Å². The molecule has 0 unspecified atom stereocenters. The van der Waals surface area contributed by atoms with E-state index in [0.29, 0.717) is 18.5 Å². The van der Waals surface area contributed by atoms with E-state index >= 15 is 0 Å². The summed E-state index contributed by atoms with van der Waals surface area (Å²) in [5.41, 5.74) is 1.79. The lowest BCUT2D eigenvalue weighted by molar-refractivity contribution is -0.807. The number of nitrogens with zero attached hydrogens (tertiary/aromatic N) is 1. The molecule has 0 aromatic heterocycles. The fourth-order valence-corrected chi connectivity index (χ4v) is 2.36. The summed E-state index contributed by atoms with van der Waals surface area (Å²) in [7, 11) is 3.63. The highest BCUT2D eigenvalue weighted by atomic mass is 35.5. The van der Waals surface area contributed by atoms with Crippen molar-refractivity contribution >= 4 is 11.9 Å². The summed E-state index contributed by atoms with van der Waals surface area (Å²) in [6, 6.07) is 19.0. The first-order chi connectivity index (χ1) is 12.0. The van der Waals surface area contributed by atoms with Crippen molar-refractivity contribution in [2.75, 3.05) is 27.2 Å². The highest BCUT2D eigenvalue weighted by molar-refractivity contribution is 5.88. The zero-order chi connectivity index (χ0) is 18.1. The number of hydrogen-bond donors (Lipinski definition) is 0. The van der Waals surface area contributed by atoms with E-state index in [1.54, 1.807) is 18.2 Å². The molecule has 2 aromatic rings. The number of halogens is 1. The first-order valence-electron chi connectivity index (χ1n) is 8.29. The molecule has 0 fully saturated rings. The molecule has 2 rings (SSSR count). The molecule has 1 amide bonds. The Balaban J connectivity index is 0.00000338. The van der Waals surface area contributed by atoms with Gasteiger partial charge < -0.3 is 17.1 Å². The molecule has 0 aliphatic rings. The molecule has 0 radical (unpaired) electrons. The smallest absolute Gasteiger partial charge is 0.345 e. The van der Waals surface area contributed by atoms with Crippen molar-refractivity contribution in [1.29, 1.82) is 0 Å². The monoisotopic (exact) mass is 373 g/mol. The van der Waals surface area contributed by atoms with Crippen LogP contribution in [-0.4, -0.2) is 43.6 Å². The van der Waals surface area contributed by atoms with Gasteiger partial charge in [0.1, 0.15) is 13.2 Å². The number of rotatable bonds is 7. The minimum absolute atomic E-state index is 0. The van der Waals surface area contributed by atoms with Gasteiger partial charge in [-0.2, -0.15) is 0 Å². The fraction of sp³-hybridized carbons (Fsp3) is 0.238. The van der Waals surface area contributed by atoms with Gasteiger partial charge in [0.05, 0.1) is 19.7 Å². The molecule has 0 aliphatic carbocycles. The Labute approximate surface area is 161 Å². The van der Waals surface area contributed by atoms with Gasteiger partial charge in [0.2, 0.25) is 0 Å². The van der Waals surface area contributed by atoms with E-state index in [1.807, 2.05) is 62.6 Å². The Bertz CT molecular complexity index is 727. The quantitative estimate of drug-likeness (QED) is 0.397. The van der Waals surface area contributed by atoms with Crippen LogP contribution in [0, 0.1) is 0 Å². The van der Waals surface area contributed by atoms with Crippen LogP contribution in [0.1, 0.15) is 15.9 Å². The second kappa shape index (κ2) is 10.5. The first-order valence-corrected chi connectivity index (χ1v) is 8.29. The summed E-state index contributed by atoms with van der Waals surface area (Å²) < 4.78 is 5.34. The van der Waals surface area contributed by atoms with E-state index in [2.05, 4.69) is 0 Å². The van der Waals surface area contributed by atoms with Gasteiger partial charge in [0.25, 0.3) is 0 Å². The predicted molar refractivity (Wildman–Crippen MR) is 98.0 cm³/mol. The van der Waals surface area contributed by atoms with Crippen LogP contribution in [0.5, 0.6) is 0 Å². The first kappa shape index (κ1) is 21.6. The van der Waals surface area contributed by atoms with Gasteiger partial charge in [-0.25, -0.2) is 9.59 Å². The molecule has 0 saturated carbocycles. The maximum Gasteiger partial charge on any atom is 0.345 e. The lowest BCUT2D eigenvalue weighted by Crippen LogP contribution is -3.00. The lowest BCUT2D eigenvalue weighted by atomic mass is 10.1. The number of hydrogen-bond acceptors (Lipinski definition) is 3. The number of amides is 1. The van der Waals surface area contributed by atoms with Crippen molar-refractivity contribution < 1.29 is 31.2 Å². The molecule has 0 aliphatic heterocycles. The van der Waals surface area contributed by atoms with E-state index in [-0.39, 0.29) is 35.4 Å². The standard InChI is InChI=1S/C21H24NO3.ClH/c1-22(2,21(24)19-13-7-4-8-14-19)16-17-25-20(23)15-9-12-18-10-5-3-6-11-18;/h3-11,13-15H,12,16-17H2,1-2H3;1H/q+1;/p-1. The van der Waals surface area contributed by atoms with Crippen molar-refractivity contribution in [2.45, 2.75) is 6.42 Å². The second-order valence-corrected chi connectivity index (χ2v) is 6.34. The SMILES string of the molecule is C[N+](C)(CCOC(=O)C=CCc1ccccc1)C(=O)c1ccccc1.[Cl-]. The van der Waals surface area contributed by atoms with Gasteiger partial charge in [-0.1, -0.05) is 54.6 Å².